The fraction of sp³-hybridized carbons (Fsp3) is 0.0385. The molecule has 254 valence electrons. The number of benzene rings is 7. The topological polar surface area (TPSA) is 9.86 Å². The number of allylic oxidation sites excluding steroid dienone is 8. The summed E-state index contributed by atoms with van der Waals surface area (Å²) in [5.41, 5.74) is 14.7. The van der Waals surface area contributed by atoms with E-state index < -0.39 is 0 Å². The standard InChI is InChI=1S/C52H36N2/c1-2-11-35(12-3-1)36-21-23-37(24-22-36)38-25-29-42(30-26-38)53-49-18-8-6-16-44(49)46-33-40(27-31-51(46)53)41-28-32-52-47(34-41)45-17-7-9-19-50(45)54(52)48-20-10-14-39-13-4-5-15-43(39)48/h1-34,39,43H. The first kappa shape index (κ1) is 30.7. The van der Waals surface area contributed by atoms with Crippen molar-refractivity contribution in [2.24, 2.45) is 11.8 Å². The minimum absolute atomic E-state index is 0.320. The van der Waals surface area contributed by atoms with E-state index in [2.05, 4.69) is 215 Å². The molecule has 2 aromatic heterocycles. The van der Waals surface area contributed by atoms with Crippen LogP contribution in [0.2, 0.25) is 0 Å². The van der Waals surface area contributed by atoms with E-state index in [0.29, 0.717) is 11.8 Å². The van der Waals surface area contributed by atoms with E-state index in [1.165, 1.54) is 82.7 Å². The predicted molar refractivity (Wildman–Crippen MR) is 229 cm³/mol. The zero-order valence-electron chi connectivity index (χ0n) is 29.7. The maximum atomic E-state index is 2.49. The van der Waals surface area contributed by atoms with Gasteiger partial charge in [0, 0.05) is 44.8 Å². The summed E-state index contributed by atoms with van der Waals surface area (Å²) in [7, 11) is 0. The molecule has 2 aliphatic carbocycles. The molecular weight excluding hydrogens is 653 g/mol. The molecule has 11 rings (SSSR count). The lowest BCUT2D eigenvalue weighted by molar-refractivity contribution is 0.655. The van der Waals surface area contributed by atoms with Gasteiger partial charge in [0.25, 0.3) is 0 Å². The van der Waals surface area contributed by atoms with Gasteiger partial charge in [0.1, 0.15) is 0 Å². The molecule has 2 unspecified atom stereocenters. The van der Waals surface area contributed by atoms with Crippen molar-refractivity contribution >= 4 is 49.3 Å². The van der Waals surface area contributed by atoms with E-state index in [0.717, 1.165) is 5.69 Å². The molecule has 2 aliphatic rings. The van der Waals surface area contributed by atoms with Crippen molar-refractivity contribution in [1.82, 2.24) is 9.13 Å². The zero-order chi connectivity index (χ0) is 35.6. The molecule has 54 heavy (non-hydrogen) atoms. The van der Waals surface area contributed by atoms with Crippen LogP contribution in [0.25, 0.3) is 88.4 Å². The van der Waals surface area contributed by atoms with Gasteiger partial charge in [-0.3, -0.25) is 0 Å². The fourth-order valence-corrected chi connectivity index (χ4v) is 8.87. The lowest BCUT2D eigenvalue weighted by atomic mass is 9.82. The molecular formula is C52H36N2. The Morgan fingerprint density at radius 3 is 1.44 bits per heavy atom. The summed E-state index contributed by atoms with van der Waals surface area (Å²) >= 11 is 0. The van der Waals surface area contributed by atoms with Crippen LogP contribution in [0, 0.1) is 11.8 Å². The minimum Gasteiger partial charge on any atom is -0.312 e. The molecule has 7 aromatic carbocycles. The first-order valence-electron chi connectivity index (χ1n) is 18.9. The summed E-state index contributed by atoms with van der Waals surface area (Å²) in [4.78, 5) is 0. The first-order valence-corrected chi connectivity index (χ1v) is 18.9. The molecule has 0 aliphatic heterocycles. The van der Waals surface area contributed by atoms with Crippen LogP contribution in [0.3, 0.4) is 0 Å². The quantitative estimate of drug-likeness (QED) is 0.170. The van der Waals surface area contributed by atoms with E-state index in [4.69, 9.17) is 0 Å². The van der Waals surface area contributed by atoms with E-state index in [1.54, 1.807) is 0 Å². The van der Waals surface area contributed by atoms with Gasteiger partial charge in [0.15, 0.2) is 0 Å². The molecule has 0 fully saturated rings. The maximum absolute atomic E-state index is 2.49. The maximum Gasteiger partial charge on any atom is 0.0541 e. The monoisotopic (exact) mass is 688 g/mol. The summed E-state index contributed by atoms with van der Waals surface area (Å²) in [6, 6.07) is 60.1. The predicted octanol–water partition coefficient (Wildman–Crippen LogP) is 13.7. The third-order valence-corrected chi connectivity index (χ3v) is 11.5. The van der Waals surface area contributed by atoms with Gasteiger partial charge in [-0.25, -0.2) is 0 Å². The Morgan fingerprint density at radius 2 is 0.796 bits per heavy atom. The average Bonchev–Trinajstić information content (AvgIpc) is 3.76. The second-order valence-electron chi connectivity index (χ2n) is 14.5. The van der Waals surface area contributed by atoms with Crippen LogP contribution >= 0.6 is 0 Å². The molecule has 0 amide bonds. The van der Waals surface area contributed by atoms with E-state index in [1.807, 2.05) is 0 Å². The summed E-state index contributed by atoms with van der Waals surface area (Å²) in [5, 5.41) is 5.08. The number of fused-ring (bicyclic) bond motifs is 7. The molecule has 0 N–H and O–H groups in total. The second kappa shape index (κ2) is 12.4. The van der Waals surface area contributed by atoms with Crippen molar-refractivity contribution < 1.29 is 0 Å². The smallest absolute Gasteiger partial charge is 0.0541 e. The summed E-state index contributed by atoms with van der Waals surface area (Å²) in [5.74, 6) is 0.705. The van der Waals surface area contributed by atoms with Gasteiger partial charge in [0.05, 0.1) is 22.1 Å². The summed E-state index contributed by atoms with van der Waals surface area (Å²) < 4.78 is 4.89. The number of aromatic nitrogens is 2. The Morgan fingerprint density at radius 1 is 0.333 bits per heavy atom. The van der Waals surface area contributed by atoms with Gasteiger partial charge in [-0.2, -0.15) is 0 Å². The molecule has 0 radical (unpaired) electrons. The third kappa shape index (κ3) is 4.88. The molecule has 0 saturated heterocycles. The van der Waals surface area contributed by atoms with Crippen molar-refractivity contribution in [3.05, 3.63) is 206 Å². The Labute approximate surface area is 314 Å². The van der Waals surface area contributed by atoms with E-state index in [-0.39, 0.29) is 0 Å². The largest absolute Gasteiger partial charge is 0.312 e. The second-order valence-corrected chi connectivity index (χ2v) is 14.5. The highest BCUT2D eigenvalue weighted by molar-refractivity contribution is 6.13. The number of nitrogens with zero attached hydrogens (tertiary/aromatic N) is 2. The molecule has 0 spiro atoms. The zero-order valence-corrected chi connectivity index (χ0v) is 29.7. The molecule has 0 saturated carbocycles. The Balaban J connectivity index is 0.983. The van der Waals surface area contributed by atoms with Crippen LogP contribution in [0.15, 0.2) is 206 Å². The average molecular weight is 689 g/mol. The van der Waals surface area contributed by atoms with Gasteiger partial charge in [-0.1, -0.05) is 152 Å². The summed E-state index contributed by atoms with van der Waals surface area (Å²) in [6.45, 7) is 0. The van der Waals surface area contributed by atoms with Gasteiger partial charge < -0.3 is 9.13 Å². The number of rotatable bonds is 5. The normalized spacial score (nSPS) is 16.4. The van der Waals surface area contributed by atoms with Crippen LogP contribution in [0.5, 0.6) is 0 Å². The van der Waals surface area contributed by atoms with E-state index >= 15 is 0 Å². The molecule has 2 atom stereocenters. The van der Waals surface area contributed by atoms with Crippen LogP contribution in [0.4, 0.5) is 0 Å². The Bertz CT molecular complexity index is 3020. The lowest BCUT2D eigenvalue weighted by Gasteiger charge is -2.28. The number of para-hydroxylation sites is 2. The molecule has 2 heterocycles. The summed E-state index contributed by atoms with van der Waals surface area (Å²) in [6.07, 6.45) is 15.9. The van der Waals surface area contributed by atoms with Crippen molar-refractivity contribution in [3.8, 4) is 39.1 Å². The highest BCUT2D eigenvalue weighted by Crippen LogP contribution is 2.42. The van der Waals surface area contributed by atoms with E-state index in [9.17, 15) is 0 Å². The SMILES string of the molecule is C1=CC2C=CC=C(n3c4ccccc4c4cc(-c5ccc6c(c5)c5ccccc5n6-c5ccc(-c6ccc(-c7ccccc7)cc6)cc5)ccc43)C2C=C1. The van der Waals surface area contributed by atoms with Crippen LogP contribution < -0.4 is 0 Å². The first-order chi connectivity index (χ1) is 26.8. The molecule has 2 heteroatoms. The van der Waals surface area contributed by atoms with Gasteiger partial charge in [0.2, 0.25) is 0 Å². The van der Waals surface area contributed by atoms with Gasteiger partial charge >= 0.3 is 0 Å². The molecule has 0 bridgehead atoms. The van der Waals surface area contributed by atoms with Crippen molar-refractivity contribution in [1.29, 1.82) is 0 Å². The highest BCUT2D eigenvalue weighted by Gasteiger charge is 2.26. The van der Waals surface area contributed by atoms with Crippen LogP contribution in [-0.4, -0.2) is 9.13 Å². The Kier molecular flexibility index (Phi) is 7.03. The van der Waals surface area contributed by atoms with Crippen molar-refractivity contribution in [2.75, 3.05) is 0 Å². The lowest BCUT2D eigenvalue weighted by Crippen LogP contribution is -2.18. The fourth-order valence-electron chi connectivity index (χ4n) is 8.87. The molecule has 2 nitrogen and oxygen atoms in total. The van der Waals surface area contributed by atoms with Crippen molar-refractivity contribution in [3.63, 3.8) is 0 Å². The molecule has 9 aromatic rings. The van der Waals surface area contributed by atoms with Gasteiger partial charge in [-0.05, 0) is 88.0 Å². The minimum atomic E-state index is 0.320. The highest BCUT2D eigenvalue weighted by atomic mass is 15.0. The van der Waals surface area contributed by atoms with Crippen LogP contribution in [0.1, 0.15) is 0 Å². The number of hydrogen-bond donors (Lipinski definition) is 0. The third-order valence-electron chi connectivity index (χ3n) is 11.5. The van der Waals surface area contributed by atoms with Gasteiger partial charge in [-0.15, -0.1) is 0 Å². The number of hydrogen-bond acceptors (Lipinski definition) is 0. The Hall–Kier alpha value is -6.90. The van der Waals surface area contributed by atoms with Crippen molar-refractivity contribution in [2.45, 2.75) is 0 Å². The van der Waals surface area contributed by atoms with Crippen LogP contribution in [-0.2, 0) is 0 Å².